The van der Waals surface area contributed by atoms with Gasteiger partial charge in [-0.3, -0.25) is 9.89 Å². The predicted molar refractivity (Wildman–Crippen MR) is 89.0 cm³/mol. The molecule has 0 unspecified atom stereocenters. The lowest BCUT2D eigenvalue weighted by atomic mass is 10.1. The molecule has 3 N–H and O–H groups in total. The Morgan fingerprint density at radius 3 is 3.00 bits per heavy atom. The van der Waals surface area contributed by atoms with E-state index in [-0.39, 0.29) is 12.5 Å². The predicted octanol–water partition coefficient (Wildman–Crippen LogP) is 1.91. The molecule has 124 valence electrons. The fourth-order valence-corrected chi connectivity index (χ4v) is 2.41. The van der Waals surface area contributed by atoms with Crippen LogP contribution in [0.25, 0.3) is 10.9 Å². The molecule has 9 nitrogen and oxygen atoms in total. The quantitative estimate of drug-likeness (QED) is 0.512. The van der Waals surface area contributed by atoms with E-state index < -0.39 is 0 Å². The average Bonchev–Trinajstić information content (AvgIpc) is 3.31. The largest absolute Gasteiger partial charge is 0.485 e. The van der Waals surface area contributed by atoms with Crippen molar-refractivity contribution in [2.45, 2.75) is 6.61 Å². The number of para-hydroxylation sites is 1. The molecule has 25 heavy (non-hydrogen) atoms. The number of carbonyl (C=O) groups is 1. The van der Waals surface area contributed by atoms with Crippen LogP contribution in [0.5, 0.6) is 5.75 Å². The van der Waals surface area contributed by atoms with E-state index in [1.807, 2.05) is 12.1 Å². The zero-order valence-electron chi connectivity index (χ0n) is 12.9. The Labute approximate surface area is 141 Å². The van der Waals surface area contributed by atoms with Gasteiger partial charge in [-0.25, -0.2) is 0 Å². The highest BCUT2D eigenvalue weighted by Crippen LogP contribution is 2.21. The van der Waals surface area contributed by atoms with Gasteiger partial charge in [0.05, 0.1) is 17.3 Å². The van der Waals surface area contributed by atoms with Gasteiger partial charge in [0, 0.05) is 17.1 Å². The third-order valence-corrected chi connectivity index (χ3v) is 3.57. The van der Waals surface area contributed by atoms with Gasteiger partial charge in [0.2, 0.25) is 5.82 Å². The number of tetrazole rings is 1. The Balaban J connectivity index is 1.49. The van der Waals surface area contributed by atoms with Crippen molar-refractivity contribution in [2.75, 3.05) is 5.32 Å². The molecule has 2 heterocycles. The number of nitrogens with zero attached hydrogens (tertiary/aromatic N) is 4. The van der Waals surface area contributed by atoms with Crippen LogP contribution in [0.1, 0.15) is 16.2 Å². The number of aromatic nitrogens is 6. The van der Waals surface area contributed by atoms with Gasteiger partial charge in [-0.2, -0.15) is 10.3 Å². The number of H-pyrrole nitrogens is 2. The van der Waals surface area contributed by atoms with E-state index in [9.17, 15) is 4.79 Å². The molecule has 0 aliphatic rings. The summed E-state index contributed by atoms with van der Waals surface area (Å²) in [6, 6.07) is 12.5. The van der Waals surface area contributed by atoms with Gasteiger partial charge >= 0.3 is 0 Å². The van der Waals surface area contributed by atoms with Crippen molar-refractivity contribution >= 4 is 22.5 Å². The van der Waals surface area contributed by atoms with Crippen molar-refractivity contribution in [3.05, 3.63) is 60.0 Å². The highest BCUT2D eigenvalue weighted by Gasteiger charge is 2.12. The molecule has 2 aromatic heterocycles. The standard InChI is InChI=1S/C16H13N7O2/c24-16(13-6-1-3-10-8-17-21-15(10)13)18-11-4-2-5-12(7-11)25-9-14-19-22-23-20-14/h1-8H,9H2,(H,17,21)(H,18,24)(H,19,20,22,23). The lowest BCUT2D eigenvalue weighted by Gasteiger charge is -2.08. The minimum absolute atomic E-state index is 0.182. The summed E-state index contributed by atoms with van der Waals surface area (Å²) in [5, 5.41) is 24.0. The van der Waals surface area contributed by atoms with Crippen LogP contribution in [0.15, 0.2) is 48.7 Å². The van der Waals surface area contributed by atoms with Crippen molar-refractivity contribution in [1.82, 2.24) is 30.8 Å². The molecule has 0 bridgehead atoms. The maximum Gasteiger partial charge on any atom is 0.257 e. The summed E-state index contributed by atoms with van der Waals surface area (Å²) in [5.74, 6) is 0.799. The minimum Gasteiger partial charge on any atom is -0.485 e. The van der Waals surface area contributed by atoms with Crippen molar-refractivity contribution < 1.29 is 9.53 Å². The van der Waals surface area contributed by atoms with Crippen LogP contribution in [0, 0.1) is 0 Å². The Bertz CT molecular complexity index is 1010. The van der Waals surface area contributed by atoms with Crippen LogP contribution in [-0.4, -0.2) is 36.7 Å². The second kappa shape index (κ2) is 6.40. The molecule has 0 aliphatic heterocycles. The van der Waals surface area contributed by atoms with Crippen molar-refractivity contribution in [3.63, 3.8) is 0 Å². The fourth-order valence-electron chi connectivity index (χ4n) is 2.41. The number of fused-ring (bicyclic) bond motifs is 1. The number of amides is 1. The summed E-state index contributed by atoms with van der Waals surface area (Å²) in [5.41, 5.74) is 1.84. The summed E-state index contributed by atoms with van der Waals surface area (Å²) >= 11 is 0. The molecular formula is C16H13N7O2. The monoisotopic (exact) mass is 335 g/mol. The van der Waals surface area contributed by atoms with E-state index in [2.05, 4.69) is 36.1 Å². The van der Waals surface area contributed by atoms with Crippen LogP contribution in [0.2, 0.25) is 0 Å². The SMILES string of the molecule is O=C(Nc1cccc(OCc2nn[nH]n2)c1)c1cccc2cn[nH]c12. The van der Waals surface area contributed by atoms with E-state index in [0.29, 0.717) is 28.3 Å². The Morgan fingerprint density at radius 2 is 2.12 bits per heavy atom. The highest BCUT2D eigenvalue weighted by molar-refractivity contribution is 6.11. The molecule has 0 saturated heterocycles. The zero-order valence-corrected chi connectivity index (χ0v) is 12.9. The lowest BCUT2D eigenvalue weighted by molar-refractivity contribution is 0.102. The number of benzene rings is 2. The fraction of sp³-hybridized carbons (Fsp3) is 0.0625. The van der Waals surface area contributed by atoms with Crippen molar-refractivity contribution in [1.29, 1.82) is 0 Å². The van der Waals surface area contributed by atoms with Crippen LogP contribution in [0.3, 0.4) is 0 Å². The van der Waals surface area contributed by atoms with E-state index in [1.54, 1.807) is 36.5 Å². The number of rotatable bonds is 5. The number of carbonyl (C=O) groups excluding carboxylic acids is 1. The summed E-state index contributed by atoms with van der Waals surface area (Å²) in [6.45, 7) is 0.182. The number of ether oxygens (including phenoxy) is 1. The smallest absolute Gasteiger partial charge is 0.257 e. The molecule has 9 heteroatoms. The van der Waals surface area contributed by atoms with E-state index >= 15 is 0 Å². The molecule has 0 saturated carbocycles. The second-order valence-electron chi connectivity index (χ2n) is 5.24. The normalized spacial score (nSPS) is 10.7. The Hall–Kier alpha value is -3.75. The summed E-state index contributed by atoms with van der Waals surface area (Å²) in [4.78, 5) is 12.5. The number of hydrogen-bond acceptors (Lipinski definition) is 6. The minimum atomic E-state index is -0.231. The first-order valence-electron chi connectivity index (χ1n) is 7.48. The van der Waals surface area contributed by atoms with Crippen molar-refractivity contribution in [3.8, 4) is 5.75 Å². The summed E-state index contributed by atoms with van der Waals surface area (Å²) in [6.07, 6.45) is 1.68. The average molecular weight is 335 g/mol. The molecule has 4 aromatic rings. The topological polar surface area (TPSA) is 121 Å². The maximum atomic E-state index is 12.5. The van der Waals surface area contributed by atoms with Crippen LogP contribution in [0.4, 0.5) is 5.69 Å². The molecule has 0 aliphatic carbocycles. The van der Waals surface area contributed by atoms with Crippen LogP contribution < -0.4 is 10.1 Å². The second-order valence-corrected chi connectivity index (χ2v) is 5.24. The number of hydrogen-bond donors (Lipinski definition) is 3. The molecule has 2 aromatic carbocycles. The first-order valence-corrected chi connectivity index (χ1v) is 7.48. The van der Waals surface area contributed by atoms with Crippen molar-refractivity contribution in [2.24, 2.45) is 0 Å². The van der Waals surface area contributed by atoms with E-state index in [4.69, 9.17) is 4.74 Å². The van der Waals surface area contributed by atoms with E-state index in [1.165, 1.54) is 0 Å². The van der Waals surface area contributed by atoms with Gasteiger partial charge in [0.25, 0.3) is 5.91 Å². The number of anilines is 1. The van der Waals surface area contributed by atoms with Gasteiger partial charge < -0.3 is 10.1 Å². The molecule has 0 fully saturated rings. The Kier molecular flexibility index (Phi) is 3.79. The summed E-state index contributed by atoms with van der Waals surface area (Å²) < 4.78 is 5.58. The molecule has 0 atom stereocenters. The highest BCUT2D eigenvalue weighted by atomic mass is 16.5. The molecule has 0 radical (unpaired) electrons. The first kappa shape index (κ1) is 14.8. The molecule has 0 spiro atoms. The van der Waals surface area contributed by atoms with Crippen LogP contribution in [-0.2, 0) is 6.61 Å². The summed E-state index contributed by atoms with van der Waals surface area (Å²) in [7, 11) is 0. The molecule has 4 rings (SSSR count). The third-order valence-electron chi connectivity index (χ3n) is 3.57. The van der Waals surface area contributed by atoms with Crippen LogP contribution >= 0.6 is 0 Å². The first-order chi connectivity index (χ1) is 12.3. The lowest BCUT2D eigenvalue weighted by Crippen LogP contribution is -2.12. The molecular weight excluding hydrogens is 322 g/mol. The van der Waals surface area contributed by atoms with Gasteiger partial charge in [-0.1, -0.05) is 23.4 Å². The van der Waals surface area contributed by atoms with Gasteiger partial charge in [-0.05, 0) is 18.2 Å². The molecule has 1 amide bonds. The Morgan fingerprint density at radius 1 is 1.20 bits per heavy atom. The van der Waals surface area contributed by atoms with E-state index in [0.717, 1.165) is 5.39 Å². The number of nitrogens with one attached hydrogen (secondary N) is 3. The van der Waals surface area contributed by atoms with Gasteiger partial charge in [-0.15, -0.1) is 10.2 Å². The van der Waals surface area contributed by atoms with Gasteiger partial charge in [0.1, 0.15) is 5.75 Å². The number of aromatic amines is 2. The third kappa shape index (κ3) is 3.15. The van der Waals surface area contributed by atoms with Gasteiger partial charge in [0.15, 0.2) is 6.61 Å². The zero-order chi connectivity index (χ0) is 17.1. The maximum absolute atomic E-state index is 12.5.